The molecule has 1 aliphatic heterocycles. The van der Waals surface area contributed by atoms with E-state index in [1.54, 1.807) is 6.07 Å². The fourth-order valence-electron chi connectivity index (χ4n) is 3.99. The molecular weight excluding hydrogens is 381 g/mol. The molecule has 0 radical (unpaired) electrons. The zero-order valence-corrected chi connectivity index (χ0v) is 17.4. The quantitative estimate of drug-likeness (QED) is 0.637. The van der Waals surface area contributed by atoms with Crippen LogP contribution >= 0.6 is 0 Å². The Morgan fingerprint density at radius 2 is 1.67 bits per heavy atom. The normalized spacial score (nSPS) is 15.0. The Kier molecular flexibility index (Phi) is 5.68. The summed E-state index contributed by atoms with van der Waals surface area (Å²) in [7, 11) is 0. The molecule has 0 amide bonds. The highest BCUT2D eigenvalue weighted by Gasteiger charge is 2.23. The summed E-state index contributed by atoms with van der Waals surface area (Å²) in [6, 6.07) is 12.7. The largest absolute Gasteiger partial charge is 0.380 e. The molecule has 3 aromatic rings. The highest BCUT2D eigenvalue weighted by atomic mass is 19.1. The van der Waals surface area contributed by atoms with Gasteiger partial charge in [-0.2, -0.15) is 0 Å². The summed E-state index contributed by atoms with van der Waals surface area (Å²) < 4.78 is 14.0. The number of aryl methyl sites for hydroxylation is 2. The van der Waals surface area contributed by atoms with Crippen LogP contribution in [0.5, 0.6) is 0 Å². The van der Waals surface area contributed by atoms with E-state index in [1.807, 2.05) is 44.2 Å². The van der Waals surface area contributed by atoms with Gasteiger partial charge in [0.2, 0.25) is 10.9 Å². The van der Waals surface area contributed by atoms with Gasteiger partial charge in [0.25, 0.3) is 0 Å². The summed E-state index contributed by atoms with van der Waals surface area (Å²) in [6.07, 6.45) is 0. The highest BCUT2D eigenvalue weighted by Crippen LogP contribution is 2.25. The van der Waals surface area contributed by atoms with Crippen molar-refractivity contribution >= 4 is 11.4 Å². The maximum atomic E-state index is 14.0. The molecule has 0 aliphatic carbocycles. The van der Waals surface area contributed by atoms with Crippen molar-refractivity contribution in [2.75, 3.05) is 49.5 Å². The van der Waals surface area contributed by atoms with Gasteiger partial charge in [-0.15, -0.1) is 0 Å². The summed E-state index contributed by atoms with van der Waals surface area (Å²) in [5.74, 6) is -0.188. The number of rotatable bonds is 6. The second-order valence-electron chi connectivity index (χ2n) is 7.91. The predicted molar refractivity (Wildman–Crippen MR) is 120 cm³/mol. The molecule has 1 fully saturated rings. The van der Waals surface area contributed by atoms with Gasteiger partial charge in [0.05, 0.1) is 16.9 Å². The van der Waals surface area contributed by atoms with Crippen LogP contribution in [-0.2, 0) is 0 Å². The van der Waals surface area contributed by atoms with Gasteiger partial charge in [0.1, 0.15) is 5.82 Å². The number of para-hydroxylation sites is 1. The zero-order chi connectivity index (χ0) is 21.3. The number of nitrogens with zero attached hydrogens (tertiary/aromatic N) is 2. The van der Waals surface area contributed by atoms with Crippen molar-refractivity contribution < 1.29 is 4.39 Å². The van der Waals surface area contributed by atoms with Crippen LogP contribution in [0.25, 0.3) is 11.1 Å². The van der Waals surface area contributed by atoms with Gasteiger partial charge in [0.15, 0.2) is 0 Å². The molecular formula is C24H26FN3O2. The molecule has 3 aromatic carbocycles. The Labute approximate surface area is 175 Å². The van der Waals surface area contributed by atoms with Crippen LogP contribution in [0.15, 0.2) is 52.1 Å². The summed E-state index contributed by atoms with van der Waals surface area (Å²) in [6.45, 7) is 8.53. The van der Waals surface area contributed by atoms with E-state index in [-0.39, 0.29) is 5.82 Å². The van der Waals surface area contributed by atoms with E-state index in [4.69, 9.17) is 0 Å². The lowest BCUT2D eigenvalue weighted by Gasteiger charge is -2.36. The molecule has 30 heavy (non-hydrogen) atoms. The number of hydrogen-bond donors (Lipinski definition) is 1. The summed E-state index contributed by atoms with van der Waals surface area (Å²) >= 11 is 0. The SMILES string of the molecule is Cc1ccc(-c2c(NCCN3CCN(c4ccccc4F)CC3)c(=O)c2=O)cc1C. The number of benzene rings is 2. The first-order chi connectivity index (χ1) is 14.5. The monoisotopic (exact) mass is 407 g/mol. The van der Waals surface area contributed by atoms with E-state index in [1.165, 1.54) is 6.07 Å². The van der Waals surface area contributed by atoms with E-state index in [0.29, 0.717) is 23.5 Å². The van der Waals surface area contributed by atoms with Crippen molar-refractivity contribution in [3.63, 3.8) is 0 Å². The first-order valence-corrected chi connectivity index (χ1v) is 10.3. The van der Waals surface area contributed by atoms with Crippen LogP contribution in [-0.4, -0.2) is 44.2 Å². The first kappa shape index (κ1) is 20.3. The number of anilines is 2. The molecule has 6 heteroatoms. The van der Waals surface area contributed by atoms with Crippen molar-refractivity contribution in [1.29, 1.82) is 0 Å². The van der Waals surface area contributed by atoms with Gasteiger partial charge >= 0.3 is 0 Å². The Balaban J connectivity index is 1.33. The lowest BCUT2D eigenvalue weighted by molar-refractivity contribution is 0.266. The van der Waals surface area contributed by atoms with Crippen LogP contribution in [0.1, 0.15) is 11.1 Å². The van der Waals surface area contributed by atoms with Crippen molar-refractivity contribution in [1.82, 2.24) is 4.90 Å². The fraction of sp³-hybridized carbons (Fsp3) is 0.333. The van der Waals surface area contributed by atoms with Crippen molar-refractivity contribution in [2.45, 2.75) is 13.8 Å². The lowest BCUT2D eigenvalue weighted by Crippen LogP contribution is -2.48. The Morgan fingerprint density at radius 1 is 0.933 bits per heavy atom. The smallest absolute Gasteiger partial charge is 0.250 e. The van der Waals surface area contributed by atoms with E-state index in [2.05, 4.69) is 15.1 Å². The molecule has 0 saturated carbocycles. The van der Waals surface area contributed by atoms with E-state index < -0.39 is 10.9 Å². The summed E-state index contributed by atoms with van der Waals surface area (Å²) in [5.41, 5.74) is 3.76. The fourth-order valence-corrected chi connectivity index (χ4v) is 3.99. The average molecular weight is 407 g/mol. The summed E-state index contributed by atoms with van der Waals surface area (Å²) in [4.78, 5) is 28.6. The van der Waals surface area contributed by atoms with Crippen LogP contribution in [0.3, 0.4) is 0 Å². The Hall–Kier alpha value is -2.99. The van der Waals surface area contributed by atoms with Crippen LogP contribution in [0.4, 0.5) is 15.8 Å². The first-order valence-electron chi connectivity index (χ1n) is 10.3. The number of nitrogens with one attached hydrogen (secondary N) is 1. The molecule has 0 aromatic heterocycles. The van der Waals surface area contributed by atoms with E-state index in [9.17, 15) is 14.0 Å². The topological polar surface area (TPSA) is 52.6 Å². The molecule has 1 aliphatic rings. The summed E-state index contributed by atoms with van der Waals surface area (Å²) in [5, 5.41) is 3.18. The van der Waals surface area contributed by atoms with Crippen molar-refractivity contribution in [3.8, 4) is 11.1 Å². The Bertz CT molecular complexity index is 1130. The molecule has 1 heterocycles. The molecule has 1 N–H and O–H groups in total. The molecule has 0 spiro atoms. The third-order valence-electron chi connectivity index (χ3n) is 6.00. The molecule has 0 bridgehead atoms. The van der Waals surface area contributed by atoms with Crippen LogP contribution in [0.2, 0.25) is 0 Å². The van der Waals surface area contributed by atoms with Gasteiger partial charge in [0, 0.05) is 39.3 Å². The predicted octanol–water partition coefficient (Wildman–Crippen LogP) is 2.94. The van der Waals surface area contributed by atoms with Crippen molar-refractivity contribution in [3.05, 3.63) is 79.9 Å². The Morgan fingerprint density at radius 3 is 2.37 bits per heavy atom. The van der Waals surface area contributed by atoms with Crippen LogP contribution < -0.4 is 21.1 Å². The van der Waals surface area contributed by atoms with Gasteiger partial charge in [-0.1, -0.05) is 30.3 Å². The van der Waals surface area contributed by atoms with Gasteiger partial charge in [-0.05, 0) is 42.7 Å². The molecule has 156 valence electrons. The van der Waals surface area contributed by atoms with Gasteiger partial charge in [-0.3, -0.25) is 14.5 Å². The molecule has 5 nitrogen and oxygen atoms in total. The van der Waals surface area contributed by atoms with E-state index >= 15 is 0 Å². The second kappa shape index (κ2) is 8.40. The maximum Gasteiger partial charge on any atom is 0.250 e. The minimum Gasteiger partial charge on any atom is -0.380 e. The number of piperazine rings is 1. The molecule has 1 saturated heterocycles. The third-order valence-corrected chi connectivity index (χ3v) is 6.00. The minimum atomic E-state index is -0.437. The lowest BCUT2D eigenvalue weighted by atomic mass is 9.95. The van der Waals surface area contributed by atoms with Gasteiger partial charge in [-0.25, -0.2) is 4.39 Å². The van der Waals surface area contributed by atoms with Crippen LogP contribution in [0, 0.1) is 19.7 Å². The number of hydrogen-bond acceptors (Lipinski definition) is 5. The van der Waals surface area contributed by atoms with Gasteiger partial charge < -0.3 is 10.2 Å². The molecule has 0 unspecified atom stereocenters. The third kappa shape index (κ3) is 3.87. The minimum absolute atomic E-state index is 0.188. The second-order valence-corrected chi connectivity index (χ2v) is 7.91. The molecule has 4 rings (SSSR count). The number of halogens is 1. The molecule has 0 atom stereocenters. The standard InChI is InChI=1S/C24H26FN3O2/c1-16-7-8-18(15-17(16)2)21-22(24(30)23(21)29)26-9-10-27-11-13-28(14-12-27)20-6-4-3-5-19(20)25/h3-8,15,26H,9-14H2,1-2H3. The van der Waals surface area contributed by atoms with Crippen molar-refractivity contribution in [2.24, 2.45) is 0 Å². The van der Waals surface area contributed by atoms with E-state index in [0.717, 1.165) is 49.4 Å². The highest BCUT2D eigenvalue weighted by molar-refractivity contribution is 5.82. The zero-order valence-electron chi connectivity index (χ0n) is 17.4. The maximum absolute atomic E-state index is 14.0. The average Bonchev–Trinajstić information content (AvgIpc) is 2.76.